The van der Waals surface area contributed by atoms with Gasteiger partial charge in [-0.1, -0.05) is 35.9 Å². The van der Waals surface area contributed by atoms with Crippen molar-refractivity contribution in [3.63, 3.8) is 0 Å². The Labute approximate surface area is 153 Å². The molecule has 0 N–H and O–H groups in total. The van der Waals surface area contributed by atoms with Gasteiger partial charge in [0.1, 0.15) is 0 Å². The number of rotatable bonds is 4. The van der Waals surface area contributed by atoms with Crippen LogP contribution in [0.2, 0.25) is 5.02 Å². The molecule has 0 radical (unpaired) electrons. The van der Waals surface area contributed by atoms with Crippen LogP contribution in [0.1, 0.15) is 12.0 Å². The lowest BCUT2D eigenvalue weighted by Gasteiger charge is -2.17. The molecule has 0 amide bonds. The summed E-state index contributed by atoms with van der Waals surface area (Å²) < 4.78 is 52.2. The van der Waals surface area contributed by atoms with E-state index in [0.717, 1.165) is 5.56 Å². The van der Waals surface area contributed by atoms with E-state index in [1.165, 1.54) is 28.6 Å². The Hall–Kier alpha value is -1.41. The molecule has 134 valence electrons. The van der Waals surface area contributed by atoms with Crippen molar-refractivity contribution in [3.05, 3.63) is 59.1 Å². The average Bonchev–Trinajstić information content (AvgIpc) is 3.10. The molecule has 3 rings (SSSR count). The van der Waals surface area contributed by atoms with Crippen LogP contribution in [-0.4, -0.2) is 39.5 Å². The number of hydrogen-bond donors (Lipinski definition) is 0. The molecule has 0 aromatic heterocycles. The van der Waals surface area contributed by atoms with Crippen molar-refractivity contribution in [1.82, 2.24) is 4.31 Å². The Bertz CT molecular complexity index is 989. The Morgan fingerprint density at radius 1 is 1.00 bits per heavy atom. The first kappa shape index (κ1) is 18.4. The van der Waals surface area contributed by atoms with Crippen LogP contribution in [0.4, 0.5) is 0 Å². The normalized spacial score (nSPS) is 19.2. The molecule has 0 saturated carbocycles. The largest absolute Gasteiger partial charge is 0.243 e. The monoisotopic (exact) mass is 399 g/mol. The molecule has 2 aromatic rings. The van der Waals surface area contributed by atoms with E-state index in [0.29, 0.717) is 5.02 Å². The van der Waals surface area contributed by atoms with Gasteiger partial charge in [-0.3, -0.25) is 0 Å². The zero-order valence-electron chi connectivity index (χ0n) is 13.6. The minimum atomic E-state index is -3.77. The first-order valence-corrected chi connectivity index (χ1v) is 11.1. The van der Waals surface area contributed by atoms with Crippen LogP contribution in [0.15, 0.2) is 58.3 Å². The molecule has 1 saturated heterocycles. The smallest absolute Gasteiger partial charge is 0.223 e. The van der Waals surface area contributed by atoms with E-state index < -0.39 is 25.1 Å². The molecule has 1 atom stereocenters. The van der Waals surface area contributed by atoms with E-state index in [2.05, 4.69) is 0 Å². The van der Waals surface area contributed by atoms with Crippen molar-refractivity contribution in [3.8, 4) is 0 Å². The topological polar surface area (TPSA) is 71.5 Å². The molecule has 1 heterocycles. The van der Waals surface area contributed by atoms with Crippen molar-refractivity contribution < 1.29 is 16.8 Å². The van der Waals surface area contributed by atoms with Gasteiger partial charge >= 0.3 is 0 Å². The highest BCUT2D eigenvalue weighted by Gasteiger charge is 2.39. The minimum absolute atomic E-state index is 0.0505. The summed E-state index contributed by atoms with van der Waals surface area (Å²) >= 11 is 6.03. The highest BCUT2D eigenvalue weighted by Crippen LogP contribution is 2.29. The van der Waals surface area contributed by atoms with Crippen LogP contribution in [-0.2, 0) is 19.9 Å². The van der Waals surface area contributed by atoms with Crippen molar-refractivity contribution in [2.45, 2.75) is 28.4 Å². The maximum atomic E-state index is 12.8. The molecule has 1 fully saturated rings. The third kappa shape index (κ3) is 3.46. The summed E-state index contributed by atoms with van der Waals surface area (Å²) in [6.45, 7) is 1.91. The molecule has 1 aliphatic rings. The molecular weight excluding hydrogens is 382 g/mol. The number of nitrogens with zero attached hydrogens (tertiary/aromatic N) is 1. The Morgan fingerprint density at radius 3 is 2.32 bits per heavy atom. The van der Waals surface area contributed by atoms with Gasteiger partial charge in [0.15, 0.2) is 9.84 Å². The number of benzene rings is 2. The van der Waals surface area contributed by atoms with Crippen LogP contribution in [0.5, 0.6) is 0 Å². The minimum Gasteiger partial charge on any atom is -0.223 e. The predicted octanol–water partition coefficient (Wildman–Crippen LogP) is 2.89. The second kappa shape index (κ2) is 6.72. The van der Waals surface area contributed by atoms with Gasteiger partial charge in [-0.05, 0) is 43.2 Å². The van der Waals surface area contributed by atoms with Crippen molar-refractivity contribution in [1.29, 1.82) is 0 Å². The van der Waals surface area contributed by atoms with Crippen molar-refractivity contribution in [2.75, 3.05) is 13.1 Å². The SMILES string of the molecule is Cc1ccc(S(=O)(=O)N2CC[C@H](S(=O)(=O)c3ccccc3)C2)cc1Cl. The fraction of sp³-hybridized carbons (Fsp3) is 0.294. The van der Waals surface area contributed by atoms with E-state index >= 15 is 0 Å². The summed E-state index contributed by atoms with van der Waals surface area (Å²) in [6, 6.07) is 12.7. The summed E-state index contributed by atoms with van der Waals surface area (Å²) in [5.41, 5.74) is 0.784. The van der Waals surface area contributed by atoms with E-state index in [1.54, 1.807) is 31.2 Å². The van der Waals surface area contributed by atoms with Crippen molar-refractivity contribution >= 4 is 31.5 Å². The summed E-state index contributed by atoms with van der Waals surface area (Å²) in [7, 11) is -7.33. The lowest BCUT2D eigenvalue weighted by atomic mass is 10.2. The van der Waals surface area contributed by atoms with Crippen molar-refractivity contribution in [2.24, 2.45) is 0 Å². The highest BCUT2D eigenvalue weighted by molar-refractivity contribution is 7.92. The Balaban J connectivity index is 1.86. The zero-order valence-corrected chi connectivity index (χ0v) is 16.0. The van der Waals surface area contributed by atoms with E-state index in [9.17, 15) is 16.8 Å². The summed E-state index contributed by atoms with van der Waals surface area (Å²) in [5, 5.41) is -0.376. The quantitative estimate of drug-likeness (QED) is 0.792. The maximum absolute atomic E-state index is 12.8. The van der Waals surface area contributed by atoms with Gasteiger partial charge in [0.05, 0.1) is 15.0 Å². The predicted molar refractivity (Wildman–Crippen MR) is 97.0 cm³/mol. The third-order valence-electron chi connectivity index (χ3n) is 4.40. The molecule has 0 spiro atoms. The maximum Gasteiger partial charge on any atom is 0.243 e. The van der Waals surface area contributed by atoms with Gasteiger partial charge in [-0.15, -0.1) is 0 Å². The molecule has 5 nitrogen and oxygen atoms in total. The van der Waals surface area contributed by atoms with E-state index in [4.69, 9.17) is 11.6 Å². The lowest BCUT2D eigenvalue weighted by molar-refractivity contribution is 0.476. The van der Waals surface area contributed by atoms with E-state index in [1.807, 2.05) is 0 Å². The summed E-state index contributed by atoms with van der Waals surface area (Å²) in [6.07, 6.45) is 0.274. The van der Waals surface area contributed by atoms with Gasteiger partial charge in [0.2, 0.25) is 10.0 Å². The summed E-state index contributed by atoms with van der Waals surface area (Å²) in [5.74, 6) is 0. The number of halogens is 1. The van der Waals surface area contributed by atoms with Gasteiger partial charge in [-0.25, -0.2) is 16.8 Å². The molecule has 25 heavy (non-hydrogen) atoms. The number of sulfone groups is 1. The molecular formula is C17H18ClNO4S2. The Kier molecular flexibility index (Phi) is 4.94. The summed E-state index contributed by atoms with van der Waals surface area (Å²) in [4.78, 5) is 0.304. The third-order valence-corrected chi connectivity index (χ3v) is 8.86. The van der Waals surface area contributed by atoms with E-state index in [-0.39, 0.29) is 29.3 Å². The van der Waals surface area contributed by atoms with Gasteiger partial charge in [0, 0.05) is 18.1 Å². The molecule has 0 unspecified atom stereocenters. The molecule has 0 aliphatic carbocycles. The molecule has 1 aliphatic heterocycles. The van der Waals surface area contributed by atoms with Gasteiger partial charge in [-0.2, -0.15) is 4.31 Å². The van der Waals surface area contributed by atoms with Crippen LogP contribution < -0.4 is 0 Å². The average molecular weight is 400 g/mol. The van der Waals surface area contributed by atoms with Gasteiger partial charge in [0.25, 0.3) is 0 Å². The highest BCUT2D eigenvalue weighted by atomic mass is 35.5. The van der Waals surface area contributed by atoms with Crippen LogP contribution >= 0.6 is 11.6 Å². The fourth-order valence-electron chi connectivity index (χ4n) is 2.85. The molecule has 8 heteroatoms. The Morgan fingerprint density at radius 2 is 1.68 bits per heavy atom. The number of aryl methyl sites for hydroxylation is 1. The second-order valence-corrected chi connectivity index (χ2v) is 10.6. The zero-order chi connectivity index (χ0) is 18.2. The lowest BCUT2D eigenvalue weighted by Crippen LogP contribution is -2.32. The van der Waals surface area contributed by atoms with Crippen LogP contribution in [0, 0.1) is 6.92 Å². The first-order chi connectivity index (χ1) is 11.7. The molecule has 0 bridgehead atoms. The fourth-order valence-corrected chi connectivity index (χ4v) is 6.43. The van der Waals surface area contributed by atoms with Crippen LogP contribution in [0.25, 0.3) is 0 Å². The number of sulfonamides is 1. The van der Waals surface area contributed by atoms with Crippen LogP contribution in [0.3, 0.4) is 0 Å². The second-order valence-electron chi connectivity index (χ2n) is 6.04. The van der Waals surface area contributed by atoms with Gasteiger partial charge < -0.3 is 0 Å². The number of hydrogen-bond acceptors (Lipinski definition) is 4. The standard InChI is InChI=1S/C17H18ClNO4S2/c1-13-7-8-15(11-17(13)18)25(22,23)19-10-9-16(12-19)24(20,21)14-5-3-2-4-6-14/h2-8,11,16H,9-10,12H2,1H3/t16-/m0/s1. The molecule has 2 aromatic carbocycles. The first-order valence-electron chi connectivity index (χ1n) is 7.78.